The highest BCUT2D eigenvalue weighted by atomic mass is 32.2. The fraction of sp³-hybridized carbons (Fsp3) is 1.00. The molecule has 0 saturated carbocycles. The van der Waals surface area contributed by atoms with Crippen molar-refractivity contribution in [1.29, 1.82) is 0 Å². The van der Waals surface area contributed by atoms with Crippen LogP contribution in [0.1, 0.15) is 6.92 Å². The largest absolute Gasteiger partial charge is 0.302 e. The van der Waals surface area contributed by atoms with Crippen molar-refractivity contribution in [3.8, 4) is 0 Å². The zero-order valence-electron chi connectivity index (χ0n) is 6.25. The van der Waals surface area contributed by atoms with Crippen LogP contribution in [-0.2, 0) is 14.7 Å². The van der Waals surface area contributed by atoms with Gasteiger partial charge < -0.3 is 4.84 Å². The third-order valence-electron chi connectivity index (χ3n) is 0.821. The van der Waals surface area contributed by atoms with Crippen LogP contribution in [0.25, 0.3) is 0 Å². The maximum Gasteiger partial charge on any atom is 0.148 e. The number of nitrogens with one attached hydrogen (secondary N) is 1. The van der Waals surface area contributed by atoms with E-state index in [1.165, 1.54) is 6.26 Å². The normalized spacial score (nSPS) is 11.8. The molecule has 0 unspecified atom stereocenters. The van der Waals surface area contributed by atoms with Gasteiger partial charge in [0.15, 0.2) is 0 Å². The van der Waals surface area contributed by atoms with Gasteiger partial charge in [-0.3, -0.25) is 0 Å². The van der Waals surface area contributed by atoms with Gasteiger partial charge in [-0.1, -0.05) is 0 Å². The molecule has 0 aromatic carbocycles. The highest BCUT2D eigenvalue weighted by Gasteiger charge is 1.99. The molecular weight excluding hydrogens is 154 g/mol. The lowest BCUT2D eigenvalue weighted by Crippen LogP contribution is -2.22. The summed E-state index contributed by atoms with van der Waals surface area (Å²) in [4.78, 5) is 4.71. The monoisotopic (exact) mass is 167 g/mol. The zero-order chi connectivity index (χ0) is 8.04. The predicted octanol–water partition coefficient (Wildman–Crippen LogP) is -0.428. The molecular formula is C5H13NO3S. The van der Waals surface area contributed by atoms with Crippen molar-refractivity contribution in [3.05, 3.63) is 0 Å². The summed E-state index contributed by atoms with van der Waals surface area (Å²) < 4.78 is 21.0. The number of sulfone groups is 1. The quantitative estimate of drug-likeness (QED) is 0.446. The molecule has 0 aromatic heterocycles. The minimum atomic E-state index is -2.85. The summed E-state index contributed by atoms with van der Waals surface area (Å²) in [6.45, 7) is 2.73. The molecule has 5 heteroatoms. The Morgan fingerprint density at radius 3 is 2.50 bits per heavy atom. The predicted molar refractivity (Wildman–Crippen MR) is 39.3 cm³/mol. The van der Waals surface area contributed by atoms with Crippen LogP contribution in [0.3, 0.4) is 0 Å². The summed E-state index contributed by atoms with van der Waals surface area (Å²) in [6.07, 6.45) is 1.20. The topological polar surface area (TPSA) is 55.4 Å². The Balaban J connectivity index is 3.21. The van der Waals surface area contributed by atoms with Crippen LogP contribution < -0.4 is 5.48 Å². The first kappa shape index (κ1) is 9.87. The minimum Gasteiger partial charge on any atom is -0.302 e. The average Bonchev–Trinajstić information content (AvgIpc) is 1.78. The molecule has 0 bridgehead atoms. The molecule has 0 amide bonds. The molecule has 0 aliphatic carbocycles. The van der Waals surface area contributed by atoms with Gasteiger partial charge in [-0.15, -0.1) is 0 Å². The van der Waals surface area contributed by atoms with Crippen molar-refractivity contribution < 1.29 is 13.3 Å². The summed E-state index contributed by atoms with van der Waals surface area (Å²) >= 11 is 0. The Labute approximate surface area is 61.4 Å². The zero-order valence-corrected chi connectivity index (χ0v) is 7.07. The number of hydrogen-bond acceptors (Lipinski definition) is 4. The van der Waals surface area contributed by atoms with E-state index in [9.17, 15) is 8.42 Å². The Morgan fingerprint density at radius 2 is 2.10 bits per heavy atom. The number of hydroxylamine groups is 1. The van der Waals surface area contributed by atoms with Crippen LogP contribution in [0.2, 0.25) is 0 Å². The van der Waals surface area contributed by atoms with Crippen molar-refractivity contribution in [2.24, 2.45) is 0 Å². The van der Waals surface area contributed by atoms with Crippen molar-refractivity contribution in [2.45, 2.75) is 6.92 Å². The minimum absolute atomic E-state index is 0.118. The Kier molecular flexibility index (Phi) is 4.59. The molecule has 4 nitrogen and oxygen atoms in total. The van der Waals surface area contributed by atoms with Gasteiger partial charge in [0.1, 0.15) is 9.84 Å². The van der Waals surface area contributed by atoms with Gasteiger partial charge >= 0.3 is 0 Å². The number of hydrogen-bond donors (Lipinski definition) is 1. The lowest BCUT2D eigenvalue weighted by Gasteiger charge is -2.00. The molecule has 0 aliphatic rings. The van der Waals surface area contributed by atoms with Gasteiger partial charge in [-0.2, -0.15) is 0 Å². The third-order valence-corrected chi connectivity index (χ3v) is 1.77. The van der Waals surface area contributed by atoms with Crippen molar-refractivity contribution >= 4 is 9.84 Å². The van der Waals surface area contributed by atoms with Crippen LogP contribution in [0, 0.1) is 0 Å². The summed E-state index contributed by atoms with van der Waals surface area (Å²) in [5.74, 6) is 0.118. The second-order valence-electron chi connectivity index (χ2n) is 1.96. The summed E-state index contributed by atoms with van der Waals surface area (Å²) in [5, 5.41) is 0. The van der Waals surface area contributed by atoms with Gasteiger partial charge in [0, 0.05) is 12.8 Å². The van der Waals surface area contributed by atoms with Crippen LogP contribution >= 0.6 is 0 Å². The van der Waals surface area contributed by atoms with E-state index < -0.39 is 9.84 Å². The smallest absolute Gasteiger partial charge is 0.148 e. The van der Waals surface area contributed by atoms with E-state index in [0.29, 0.717) is 13.2 Å². The van der Waals surface area contributed by atoms with Gasteiger partial charge in [-0.25, -0.2) is 13.9 Å². The van der Waals surface area contributed by atoms with E-state index in [4.69, 9.17) is 4.84 Å². The first-order valence-electron chi connectivity index (χ1n) is 3.08. The van der Waals surface area contributed by atoms with Crippen LogP contribution in [0.5, 0.6) is 0 Å². The summed E-state index contributed by atoms with van der Waals surface area (Å²) in [6, 6.07) is 0. The highest BCUT2D eigenvalue weighted by Crippen LogP contribution is 1.78. The van der Waals surface area contributed by atoms with E-state index in [1.807, 2.05) is 6.92 Å². The van der Waals surface area contributed by atoms with Crippen LogP contribution in [-0.4, -0.2) is 33.6 Å². The van der Waals surface area contributed by atoms with E-state index in [2.05, 4.69) is 5.48 Å². The van der Waals surface area contributed by atoms with E-state index in [-0.39, 0.29) is 5.75 Å². The van der Waals surface area contributed by atoms with Gasteiger partial charge in [-0.05, 0) is 6.92 Å². The standard InChI is InChI=1S/C5H13NO3S/c1-3-9-6-4-5-10(2,7)8/h6H,3-5H2,1-2H3. The fourth-order valence-electron chi connectivity index (χ4n) is 0.401. The fourth-order valence-corrected chi connectivity index (χ4v) is 0.855. The van der Waals surface area contributed by atoms with Crippen molar-refractivity contribution in [3.63, 3.8) is 0 Å². The molecule has 0 spiro atoms. The third kappa shape index (κ3) is 7.87. The van der Waals surface area contributed by atoms with Gasteiger partial charge in [0.25, 0.3) is 0 Å². The number of rotatable bonds is 5. The van der Waals surface area contributed by atoms with E-state index in [0.717, 1.165) is 0 Å². The molecule has 0 fully saturated rings. The van der Waals surface area contributed by atoms with Gasteiger partial charge in [0.05, 0.1) is 12.4 Å². The Morgan fingerprint density at radius 1 is 1.50 bits per heavy atom. The molecule has 0 radical (unpaired) electrons. The highest BCUT2D eigenvalue weighted by molar-refractivity contribution is 7.90. The maximum absolute atomic E-state index is 10.5. The molecule has 62 valence electrons. The molecule has 0 aromatic rings. The van der Waals surface area contributed by atoms with E-state index >= 15 is 0 Å². The maximum atomic E-state index is 10.5. The first-order valence-corrected chi connectivity index (χ1v) is 5.14. The van der Waals surface area contributed by atoms with E-state index in [1.54, 1.807) is 0 Å². The molecule has 0 atom stereocenters. The molecule has 10 heavy (non-hydrogen) atoms. The molecule has 0 saturated heterocycles. The molecule has 0 heterocycles. The van der Waals surface area contributed by atoms with Gasteiger partial charge in [0.2, 0.25) is 0 Å². The summed E-state index contributed by atoms with van der Waals surface area (Å²) in [5.41, 5.74) is 2.51. The SMILES string of the molecule is CCONCCS(C)(=O)=O. The van der Waals surface area contributed by atoms with Crippen molar-refractivity contribution in [1.82, 2.24) is 5.48 Å². The lowest BCUT2D eigenvalue weighted by molar-refractivity contribution is 0.0551. The molecule has 0 aliphatic heterocycles. The van der Waals surface area contributed by atoms with Crippen LogP contribution in [0.15, 0.2) is 0 Å². The van der Waals surface area contributed by atoms with Crippen LogP contribution in [0.4, 0.5) is 0 Å². The molecule has 1 N–H and O–H groups in total. The second-order valence-corrected chi connectivity index (χ2v) is 4.22. The Bertz CT molecular complexity index is 164. The summed E-state index contributed by atoms with van der Waals surface area (Å²) in [7, 11) is -2.85. The average molecular weight is 167 g/mol. The second kappa shape index (κ2) is 4.65. The molecule has 0 rings (SSSR count). The Hall–Kier alpha value is -0.130. The lowest BCUT2D eigenvalue weighted by atomic mass is 10.8. The van der Waals surface area contributed by atoms with Crippen molar-refractivity contribution in [2.75, 3.05) is 25.2 Å². The first-order chi connectivity index (χ1) is 4.56.